The predicted octanol–water partition coefficient (Wildman–Crippen LogP) is 1.68. The minimum atomic E-state index is -0.612. The predicted molar refractivity (Wildman–Crippen MR) is 219 cm³/mol. The number of rotatable bonds is 18. The summed E-state index contributed by atoms with van der Waals surface area (Å²) in [6.07, 6.45) is 8.30. The van der Waals surface area contributed by atoms with Gasteiger partial charge in [-0.25, -0.2) is 9.97 Å². The van der Waals surface area contributed by atoms with E-state index in [1.807, 2.05) is 0 Å². The van der Waals surface area contributed by atoms with Crippen LogP contribution in [0.1, 0.15) is 59.8 Å². The third-order valence-corrected chi connectivity index (χ3v) is 8.77. The smallest absolute Gasteiger partial charge is 0.306 e. The highest BCUT2D eigenvalue weighted by Gasteiger charge is 2.20. The van der Waals surface area contributed by atoms with Gasteiger partial charge in [-0.2, -0.15) is 4.98 Å². The monoisotopic (exact) mass is 843 g/mol. The molecule has 24 heteroatoms. The van der Waals surface area contributed by atoms with Crippen LogP contribution in [0.5, 0.6) is 0 Å². The van der Waals surface area contributed by atoms with Crippen LogP contribution in [0.25, 0.3) is 0 Å². The number of hydrogen-bond acceptors (Lipinski definition) is 12. The van der Waals surface area contributed by atoms with Crippen molar-refractivity contribution in [2.45, 2.75) is 38.5 Å². The summed E-state index contributed by atoms with van der Waals surface area (Å²) in [4.78, 5) is 112. The van der Waals surface area contributed by atoms with E-state index in [4.69, 9.17) is 0 Å². The first kappa shape index (κ1) is 44.1. The second kappa shape index (κ2) is 19.6. The minimum Gasteiger partial charge on any atom is -0.469 e. The number of esters is 1. The molecule has 0 unspecified atom stereocenters. The zero-order valence-corrected chi connectivity index (χ0v) is 34.1. The number of hydrogen-bond donors (Lipinski definition) is 7. The van der Waals surface area contributed by atoms with Gasteiger partial charge in [0.05, 0.1) is 24.9 Å². The highest BCUT2D eigenvalue weighted by Crippen LogP contribution is 2.21. The Balaban J connectivity index is 1.03. The average molecular weight is 844 g/mol. The van der Waals surface area contributed by atoms with Gasteiger partial charge in [0.2, 0.25) is 41.3 Å². The number of amides is 7. The minimum absolute atomic E-state index is 0.0380. The molecule has 5 rings (SSSR count). The van der Waals surface area contributed by atoms with E-state index in [0.717, 1.165) is 0 Å². The molecule has 0 aliphatic rings. The third kappa shape index (κ3) is 12.2. The number of carbonyl (C=O) groups excluding carboxylic acids is 8. The molecule has 0 bridgehead atoms. The molecule has 7 N–H and O–H groups in total. The number of ether oxygens (including phenoxy) is 1. The van der Waals surface area contributed by atoms with E-state index in [-0.39, 0.29) is 67.8 Å². The molecule has 0 radical (unpaired) electrons. The van der Waals surface area contributed by atoms with Crippen LogP contribution in [-0.2, 0) is 68.7 Å². The number of imidazole rings is 3. The zero-order chi connectivity index (χ0) is 44.4. The molecule has 0 fully saturated rings. The Morgan fingerprint density at radius 1 is 0.508 bits per heavy atom. The van der Waals surface area contributed by atoms with Crippen LogP contribution in [-0.4, -0.2) is 92.2 Å². The SMILES string of the molecule is COC(=O)CCC(=O)Nc1nc(NC(=O)CCC(=O)Nc2cc(NC(=O)c3nc(NC(=O)CCC(=O)Nc4cc(NC(=O)c5nccn5C)cn4C)cn3C)cn2C)cn1C. The Morgan fingerprint density at radius 3 is 1.48 bits per heavy atom. The lowest BCUT2D eigenvalue weighted by Gasteiger charge is -2.06. The maximum absolute atomic E-state index is 13.1. The fourth-order valence-electron chi connectivity index (χ4n) is 5.63. The summed E-state index contributed by atoms with van der Waals surface area (Å²) < 4.78 is 12.1. The van der Waals surface area contributed by atoms with E-state index in [0.29, 0.717) is 23.0 Å². The van der Waals surface area contributed by atoms with Crippen LogP contribution in [0.15, 0.2) is 49.3 Å². The van der Waals surface area contributed by atoms with Crippen LogP contribution in [0.2, 0.25) is 0 Å². The summed E-state index contributed by atoms with van der Waals surface area (Å²) in [5, 5.41) is 18.5. The van der Waals surface area contributed by atoms with Crippen LogP contribution in [0.3, 0.4) is 0 Å². The molecule has 0 saturated heterocycles. The number of anilines is 7. The Bertz CT molecular complexity index is 2490. The number of nitrogens with one attached hydrogen (secondary N) is 7. The second-order valence-electron chi connectivity index (χ2n) is 13.7. The summed E-state index contributed by atoms with van der Waals surface area (Å²) in [7, 11) is 9.40. The number of aryl methyl sites for hydroxylation is 5. The van der Waals surface area contributed by atoms with Crippen molar-refractivity contribution in [3.05, 3.63) is 61.0 Å². The van der Waals surface area contributed by atoms with E-state index >= 15 is 0 Å². The van der Waals surface area contributed by atoms with Crippen LogP contribution in [0.4, 0.5) is 40.6 Å². The molecule has 322 valence electrons. The van der Waals surface area contributed by atoms with Crippen LogP contribution < -0.4 is 37.2 Å². The summed E-state index contributed by atoms with van der Waals surface area (Å²) in [6.45, 7) is 0. The standard InChI is InChI=1S/C37H45N15O9/c1-48-14-13-38-33(48)35(59)39-21-15-25(49(2)17-21)45-29(55)9-7-27(53)41-23-19-51(4)34(43-23)36(60)40-22-16-26(50(3)18-22)46-30(56)10-8-28(54)42-24-20-52(5)37(44-24)47-31(57)11-12-32(58)61-6/h13-20H,7-12H2,1-6H3,(H,39,59)(H,40,60)(H,41,53)(H,42,54)(H,45,55)(H,46,56)(H,44,47,57). The highest BCUT2D eigenvalue weighted by atomic mass is 16.5. The van der Waals surface area contributed by atoms with Crippen molar-refractivity contribution in [3.63, 3.8) is 0 Å². The maximum Gasteiger partial charge on any atom is 0.306 e. The first-order valence-corrected chi connectivity index (χ1v) is 18.5. The molecule has 24 nitrogen and oxygen atoms in total. The first-order chi connectivity index (χ1) is 29.0. The van der Waals surface area contributed by atoms with Crippen molar-refractivity contribution in [2.75, 3.05) is 44.3 Å². The lowest BCUT2D eigenvalue weighted by Crippen LogP contribution is -2.19. The third-order valence-electron chi connectivity index (χ3n) is 8.77. The number of aromatic nitrogens is 8. The fraction of sp³-hybridized carbons (Fsp3) is 0.324. The maximum atomic E-state index is 13.1. The number of nitrogens with zero attached hydrogens (tertiary/aromatic N) is 8. The molecular formula is C37H45N15O9. The normalized spacial score (nSPS) is 10.7. The lowest BCUT2D eigenvalue weighted by atomic mass is 10.3. The van der Waals surface area contributed by atoms with Crippen molar-refractivity contribution < 1.29 is 43.1 Å². The molecule has 61 heavy (non-hydrogen) atoms. The van der Waals surface area contributed by atoms with Crippen molar-refractivity contribution in [3.8, 4) is 0 Å². The molecule has 5 aromatic rings. The Labute approximate surface area is 347 Å². The van der Waals surface area contributed by atoms with Gasteiger partial charge in [0.25, 0.3) is 11.8 Å². The Kier molecular flexibility index (Phi) is 14.2. The van der Waals surface area contributed by atoms with Gasteiger partial charge in [0, 0.05) is 117 Å². The van der Waals surface area contributed by atoms with E-state index < -0.39 is 47.3 Å². The molecule has 0 aromatic carbocycles. The molecular weight excluding hydrogens is 799 g/mol. The Hall–Kier alpha value is -8.05. The first-order valence-electron chi connectivity index (χ1n) is 18.5. The number of methoxy groups -OCH3 is 1. The number of carbonyl (C=O) groups is 8. The van der Waals surface area contributed by atoms with Gasteiger partial charge < -0.3 is 59.5 Å². The second-order valence-corrected chi connectivity index (χ2v) is 13.7. The fourth-order valence-corrected chi connectivity index (χ4v) is 5.63. The molecule has 0 spiro atoms. The van der Waals surface area contributed by atoms with Crippen molar-refractivity contribution in [1.29, 1.82) is 0 Å². The lowest BCUT2D eigenvalue weighted by molar-refractivity contribution is -0.141. The van der Waals surface area contributed by atoms with E-state index in [1.54, 1.807) is 73.6 Å². The summed E-state index contributed by atoms with van der Waals surface area (Å²) >= 11 is 0. The van der Waals surface area contributed by atoms with E-state index in [1.165, 1.54) is 40.9 Å². The Morgan fingerprint density at radius 2 is 0.967 bits per heavy atom. The molecule has 7 amide bonds. The molecule has 0 atom stereocenters. The van der Waals surface area contributed by atoms with Gasteiger partial charge >= 0.3 is 5.97 Å². The van der Waals surface area contributed by atoms with Crippen LogP contribution >= 0.6 is 0 Å². The summed E-state index contributed by atoms with van der Waals surface area (Å²) in [5.41, 5.74) is 0.762. The summed E-state index contributed by atoms with van der Waals surface area (Å²) in [6, 6.07) is 3.08. The van der Waals surface area contributed by atoms with Crippen LogP contribution in [0, 0.1) is 0 Å². The van der Waals surface area contributed by atoms with Gasteiger partial charge in [-0.05, 0) is 0 Å². The summed E-state index contributed by atoms with van der Waals surface area (Å²) in [5.74, 6) is -2.69. The topological polar surface area (TPSA) is 293 Å². The molecule has 0 aliphatic heterocycles. The zero-order valence-electron chi connectivity index (χ0n) is 34.1. The largest absolute Gasteiger partial charge is 0.469 e. The molecule has 0 saturated carbocycles. The quantitative estimate of drug-likeness (QED) is 0.0621. The average Bonchev–Trinajstić information content (AvgIpc) is 4.02. The van der Waals surface area contributed by atoms with E-state index in [9.17, 15) is 38.4 Å². The van der Waals surface area contributed by atoms with Crippen molar-refractivity contribution in [2.24, 2.45) is 35.2 Å². The van der Waals surface area contributed by atoms with Crippen molar-refractivity contribution in [1.82, 2.24) is 37.8 Å². The molecule has 5 aromatic heterocycles. The van der Waals surface area contributed by atoms with Gasteiger partial charge in [0.15, 0.2) is 17.5 Å². The van der Waals surface area contributed by atoms with Gasteiger partial charge in [-0.1, -0.05) is 0 Å². The van der Waals surface area contributed by atoms with Gasteiger partial charge in [-0.15, -0.1) is 0 Å². The van der Waals surface area contributed by atoms with Crippen molar-refractivity contribution >= 4 is 87.9 Å². The van der Waals surface area contributed by atoms with Gasteiger partial charge in [-0.3, -0.25) is 43.7 Å². The van der Waals surface area contributed by atoms with Gasteiger partial charge in [0.1, 0.15) is 11.6 Å². The van der Waals surface area contributed by atoms with E-state index in [2.05, 4.69) is 56.9 Å². The molecule has 5 heterocycles. The highest BCUT2D eigenvalue weighted by molar-refractivity contribution is 6.04. The molecule has 0 aliphatic carbocycles.